The Morgan fingerprint density at radius 1 is 1.58 bits per heavy atom. The predicted molar refractivity (Wildman–Crippen MR) is 73.9 cm³/mol. The molecule has 0 amide bonds. The van der Waals surface area contributed by atoms with Gasteiger partial charge in [0, 0.05) is 12.1 Å². The Morgan fingerprint density at radius 3 is 3.05 bits per heavy atom. The van der Waals surface area contributed by atoms with Crippen molar-refractivity contribution in [3.63, 3.8) is 0 Å². The molecule has 0 bridgehead atoms. The maximum atomic E-state index is 8.99. The van der Waals surface area contributed by atoms with Gasteiger partial charge in [0.15, 0.2) is 0 Å². The first-order chi connectivity index (χ1) is 9.20. The summed E-state index contributed by atoms with van der Waals surface area (Å²) in [7, 11) is 0. The average Bonchev–Trinajstić information content (AvgIpc) is 2.83. The van der Waals surface area contributed by atoms with Crippen molar-refractivity contribution in [2.45, 2.75) is 39.0 Å². The maximum absolute atomic E-state index is 8.99. The highest BCUT2D eigenvalue weighted by Crippen LogP contribution is 2.22. The summed E-state index contributed by atoms with van der Waals surface area (Å²) in [6, 6.07) is 2.01. The van der Waals surface area contributed by atoms with Crippen LogP contribution in [0.5, 0.6) is 0 Å². The highest BCUT2D eigenvalue weighted by molar-refractivity contribution is 5.63. The molecule has 5 heteroatoms. The summed E-state index contributed by atoms with van der Waals surface area (Å²) >= 11 is 0. The SMILES string of the molecule is CC(C)c1nc(C#N)c(N/N=C/C2CC=CCC2)o1. The highest BCUT2D eigenvalue weighted by atomic mass is 16.4. The van der Waals surface area contributed by atoms with Crippen molar-refractivity contribution in [3.8, 4) is 6.07 Å². The maximum Gasteiger partial charge on any atom is 0.252 e. The van der Waals surface area contributed by atoms with E-state index in [0.717, 1.165) is 19.3 Å². The highest BCUT2D eigenvalue weighted by Gasteiger charge is 2.15. The second-order valence-corrected chi connectivity index (χ2v) is 4.93. The first-order valence-electron chi connectivity index (χ1n) is 6.55. The summed E-state index contributed by atoms with van der Waals surface area (Å²) in [6.45, 7) is 3.93. The van der Waals surface area contributed by atoms with Crippen molar-refractivity contribution < 1.29 is 4.42 Å². The Hall–Kier alpha value is -2.09. The van der Waals surface area contributed by atoms with Gasteiger partial charge in [-0.05, 0) is 25.2 Å². The Bertz CT molecular complexity index is 522. The molecule has 19 heavy (non-hydrogen) atoms. The molecule has 1 unspecified atom stereocenters. The first-order valence-corrected chi connectivity index (χ1v) is 6.55. The zero-order chi connectivity index (χ0) is 13.7. The molecule has 1 aromatic heterocycles. The van der Waals surface area contributed by atoms with Gasteiger partial charge in [-0.3, -0.25) is 0 Å². The third-order valence-electron chi connectivity index (χ3n) is 3.00. The van der Waals surface area contributed by atoms with Crippen LogP contribution < -0.4 is 5.43 Å². The lowest BCUT2D eigenvalue weighted by molar-refractivity contribution is 0.481. The van der Waals surface area contributed by atoms with Crippen LogP contribution in [0.15, 0.2) is 21.7 Å². The second kappa shape index (κ2) is 6.19. The lowest BCUT2D eigenvalue weighted by Gasteiger charge is -2.11. The number of nitriles is 1. The minimum atomic E-state index is 0.148. The molecule has 0 aromatic carbocycles. The van der Waals surface area contributed by atoms with Gasteiger partial charge in [-0.1, -0.05) is 26.0 Å². The standard InChI is InChI=1S/C14H18N4O/c1-10(2)13-17-12(8-15)14(19-13)18-16-9-11-6-4-3-5-7-11/h3-4,9-11,18H,5-7H2,1-2H3/b16-9+. The van der Waals surface area contributed by atoms with E-state index < -0.39 is 0 Å². The number of hydrogen-bond acceptors (Lipinski definition) is 5. The van der Waals surface area contributed by atoms with Crippen molar-refractivity contribution in [1.29, 1.82) is 5.26 Å². The molecule has 2 rings (SSSR count). The van der Waals surface area contributed by atoms with Crippen LogP contribution in [0.1, 0.15) is 50.6 Å². The van der Waals surface area contributed by atoms with E-state index >= 15 is 0 Å². The predicted octanol–water partition coefficient (Wildman–Crippen LogP) is 3.42. The van der Waals surface area contributed by atoms with E-state index in [2.05, 4.69) is 27.7 Å². The van der Waals surface area contributed by atoms with E-state index in [1.807, 2.05) is 26.1 Å². The third-order valence-corrected chi connectivity index (χ3v) is 3.00. The summed E-state index contributed by atoms with van der Waals surface area (Å²) in [6.07, 6.45) is 9.47. The summed E-state index contributed by atoms with van der Waals surface area (Å²) in [5.74, 6) is 1.48. The average molecular weight is 258 g/mol. The fourth-order valence-electron chi connectivity index (χ4n) is 1.89. The van der Waals surface area contributed by atoms with Crippen LogP contribution in [0.4, 0.5) is 5.88 Å². The number of hydrazone groups is 1. The van der Waals surface area contributed by atoms with Crippen molar-refractivity contribution >= 4 is 12.1 Å². The molecule has 1 aromatic rings. The lowest BCUT2D eigenvalue weighted by atomic mass is 9.96. The Balaban J connectivity index is 2.00. The molecule has 1 aliphatic carbocycles. The Labute approximate surface area is 113 Å². The molecule has 100 valence electrons. The van der Waals surface area contributed by atoms with E-state index in [1.165, 1.54) is 0 Å². The van der Waals surface area contributed by atoms with Crippen LogP contribution in [0.3, 0.4) is 0 Å². The van der Waals surface area contributed by atoms with E-state index in [0.29, 0.717) is 17.7 Å². The van der Waals surface area contributed by atoms with Gasteiger partial charge in [-0.25, -0.2) is 10.4 Å². The van der Waals surface area contributed by atoms with Crippen LogP contribution in [0, 0.1) is 17.2 Å². The van der Waals surface area contributed by atoms with Crippen molar-refractivity contribution in [2.24, 2.45) is 11.0 Å². The van der Waals surface area contributed by atoms with E-state index in [1.54, 1.807) is 0 Å². The number of rotatable bonds is 4. The molecule has 0 spiro atoms. The van der Waals surface area contributed by atoms with Gasteiger partial charge >= 0.3 is 0 Å². The Morgan fingerprint density at radius 2 is 2.42 bits per heavy atom. The molecule has 5 nitrogen and oxygen atoms in total. The van der Waals surface area contributed by atoms with Crippen LogP contribution in [0.2, 0.25) is 0 Å². The van der Waals surface area contributed by atoms with Gasteiger partial charge in [0.25, 0.3) is 5.88 Å². The summed E-state index contributed by atoms with van der Waals surface area (Å²) in [4.78, 5) is 4.12. The molecule has 0 saturated carbocycles. The van der Waals surface area contributed by atoms with Gasteiger partial charge in [-0.15, -0.1) is 0 Å². The second-order valence-electron chi connectivity index (χ2n) is 4.93. The van der Waals surface area contributed by atoms with Crippen molar-refractivity contribution in [1.82, 2.24) is 4.98 Å². The third kappa shape index (κ3) is 3.44. The molecule has 0 fully saturated rings. The minimum Gasteiger partial charge on any atom is -0.422 e. The molecule has 0 saturated heterocycles. The van der Waals surface area contributed by atoms with Crippen LogP contribution in [-0.4, -0.2) is 11.2 Å². The fraction of sp³-hybridized carbons (Fsp3) is 0.500. The zero-order valence-corrected chi connectivity index (χ0v) is 11.3. The number of anilines is 1. The van der Waals surface area contributed by atoms with Gasteiger partial charge in [0.2, 0.25) is 11.6 Å². The minimum absolute atomic E-state index is 0.148. The molecular formula is C14H18N4O. The number of aromatic nitrogens is 1. The molecule has 1 heterocycles. The topological polar surface area (TPSA) is 74.2 Å². The molecule has 1 atom stereocenters. The van der Waals surface area contributed by atoms with Crippen molar-refractivity contribution in [2.75, 3.05) is 5.43 Å². The van der Waals surface area contributed by atoms with Crippen molar-refractivity contribution in [3.05, 3.63) is 23.7 Å². The Kier molecular flexibility index (Phi) is 4.35. The summed E-state index contributed by atoms with van der Waals surface area (Å²) in [5, 5.41) is 13.1. The smallest absolute Gasteiger partial charge is 0.252 e. The quantitative estimate of drug-likeness (QED) is 0.510. The number of allylic oxidation sites excluding steroid dienone is 2. The van der Waals surface area contributed by atoms with Gasteiger partial charge < -0.3 is 4.42 Å². The summed E-state index contributed by atoms with van der Waals surface area (Å²) < 4.78 is 5.48. The number of nitrogens with zero attached hydrogens (tertiary/aromatic N) is 3. The van der Waals surface area contributed by atoms with Gasteiger partial charge in [0.1, 0.15) is 6.07 Å². The fourth-order valence-corrected chi connectivity index (χ4v) is 1.89. The van der Waals surface area contributed by atoms with E-state index in [4.69, 9.17) is 9.68 Å². The van der Waals surface area contributed by atoms with Crippen LogP contribution in [0.25, 0.3) is 0 Å². The number of oxazole rings is 1. The largest absolute Gasteiger partial charge is 0.422 e. The zero-order valence-electron chi connectivity index (χ0n) is 11.3. The number of hydrogen-bond donors (Lipinski definition) is 1. The van der Waals surface area contributed by atoms with Crippen LogP contribution >= 0.6 is 0 Å². The molecule has 0 aliphatic heterocycles. The van der Waals surface area contributed by atoms with E-state index in [9.17, 15) is 0 Å². The monoisotopic (exact) mass is 258 g/mol. The summed E-state index contributed by atoms with van der Waals surface area (Å²) in [5.41, 5.74) is 3.03. The molecule has 1 N–H and O–H groups in total. The number of nitrogens with one attached hydrogen (secondary N) is 1. The first kappa shape index (κ1) is 13.3. The lowest BCUT2D eigenvalue weighted by Crippen LogP contribution is -2.05. The van der Waals surface area contributed by atoms with Gasteiger partial charge in [-0.2, -0.15) is 10.4 Å². The van der Waals surface area contributed by atoms with Crippen LogP contribution in [-0.2, 0) is 0 Å². The van der Waals surface area contributed by atoms with Gasteiger partial charge in [0.05, 0.1) is 0 Å². The molecule has 1 aliphatic rings. The normalized spacial score (nSPS) is 18.9. The molecular weight excluding hydrogens is 240 g/mol. The van der Waals surface area contributed by atoms with E-state index in [-0.39, 0.29) is 11.6 Å². The molecule has 0 radical (unpaired) electrons.